The fraction of sp³-hybridized carbons (Fsp3) is 0.240. The number of benzene rings is 2. The van der Waals surface area contributed by atoms with Gasteiger partial charge in [0, 0.05) is 11.6 Å². The molecule has 0 saturated heterocycles. The Kier molecular flexibility index (Phi) is 6.43. The SMILES string of the molecule is COC(=O)Cc1ccc2cc1COCCc1cc(C#N)ccc1COc1ccc(F)c-2n1. The van der Waals surface area contributed by atoms with Crippen molar-refractivity contribution in [1.82, 2.24) is 4.98 Å². The monoisotopic (exact) mass is 432 g/mol. The summed E-state index contributed by atoms with van der Waals surface area (Å²) in [4.78, 5) is 16.2. The van der Waals surface area contributed by atoms with E-state index in [0.717, 1.165) is 22.3 Å². The number of rotatable bonds is 2. The maximum absolute atomic E-state index is 14.6. The number of hydrogen-bond donors (Lipinski definition) is 0. The lowest BCUT2D eigenvalue weighted by Gasteiger charge is -2.16. The van der Waals surface area contributed by atoms with Gasteiger partial charge in [0.15, 0.2) is 0 Å². The van der Waals surface area contributed by atoms with Crippen LogP contribution in [-0.4, -0.2) is 24.7 Å². The van der Waals surface area contributed by atoms with E-state index >= 15 is 0 Å². The van der Waals surface area contributed by atoms with E-state index in [1.807, 2.05) is 12.1 Å². The highest BCUT2D eigenvalue weighted by atomic mass is 19.1. The van der Waals surface area contributed by atoms with Gasteiger partial charge in [-0.05, 0) is 52.9 Å². The minimum Gasteiger partial charge on any atom is -0.473 e. The van der Waals surface area contributed by atoms with Crippen LogP contribution in [0, 0.1) is 17.1 Å². The number of esters is 1. The number of aromatic nitrogens is 1. The molecule has 1 aromatic heterocycles. The number of ether oxygens (including phenoxy) is 3. The predicted molar refractivity (Wildman–Crippen MR) is 114 cm³/mol. The van der Waals surface area contributed by atoms with Crippen LogP contribution in [0.3, 0.4) is 0 Å². The lowest BCUT2D eigenvalue weighted by molar-refractivity contribution is -0.139. The predicted octanol–water partition coefficient (Wildman–Crippen LogP) is 4.13. The smallest absolute Gasteiger partial charge is 0.309 e. The molecule has 0 saturated carbocycles. The molecule has 1 aliphatic heterocycles. The number of carbonyl (C=O) groups excluding carboxylic acids is 1. The highest BCUT2D eigenvalue weighted by Crippen LogP contribution is 2.27. The second-order valence-electron chi connectivity index (χ2n) is 7.40. The zero-order valence-corrected chi connectivity index (χ0v) is 17.6. The summed E-state index contributed by atoms with van der Waals surface area (Å²) in [6.45, 7) is 0.884. The first-order chi connectivity index (χ1) is 15.6. The number of nitriles is 1. The van der Waals surface area contributed by atoms with Crippen LogP contribution in [0.5, 0.6) is 5.88 Å². The molecule has 0 atom stereocenters. The fourth-order valence-electron chi connectivity index (χ4n) is 3.60. The molecule has 4 bridgehead atoms. The van der Waals surface area contributed by atoms with E-state index in [-0.39, 0.29) is 31.3 Å². The van der Waals surface area contributed by atoms with Gasteiger partial charge < -0.3 is 14.2 Å². The van der Waals surface area contributed by atoms with Crippen LogP contribution in [-0.2, 0) is 40.3 Å². The van der Waals surface area contributed by atoms with Gasteiger partial charge in [0.05, 0.1) is 38.4 Å². The average Bonchev–Trinajstić information content (AvgIpc) is 2.81. The summed E-state index contributed by atoms with van der Waals surface area (Å²) in [5.41, 5.74) is 4.62. The summed E-state index contributed by atoms with van der Waals surface area (Å²) in [6.07, 6.45) is 0.672. The minimum absolute atomic E-state index is 0.0862. The van der Waals surface area contributed by atoms with Crippen molar-refractivity contribution in [3.8, 4) is 23.2 Å². The Labute approximate surface area is 185 Å². The molecule has 0 radical (unpaired) electrons. The third-order valence-electron chi connectivity index (χ3n) is 5.35. The molecule has 2 aromatic carbocycles. The van der Waals surface area contributed by atoms with Gasteiger partial charge >= 0.3 is 5.97 Å². The van der Waals surface area contributed by atoms with Gasteiger partial charge in [-0.3, -0.25) is 4.79 Å². The highest BCUT2D eigenvalue weighted by molar-refractivity contribution is 5.74. The van der Waals surface area contributed by atoms with Crippen molar-refractivity contribution in [2.45, 2.75) is 26.1 Å². The van der Waals surface area contributed by atoms with Gasteiger partial charge in [0.25, 0.3) is 0 Å². The summed E-state index contributed by atoms with van der Waals surface area (Å²) in [5.74, 6) is -0.549. The summed E-state index contributed by atoms with van der Waals surface area (Å²) >= 11 is 0. The van der Waals surface area contributed by atoms with Gasteiger partial charge in [-0.15, -0.1) is 0 Å². The Morgan fingerprint density at radius 2 is 2.00 bits per heavy atom. The summed E-state index contributed by atoms with van der Waals surface area (Å²) in [7, 11) is 1.34. The molecule has 162 valence electrons. The Morgan fingerprint density at radius 1 is 1.12 bits per heavy atom. The van der Waals surface area contributed by atoms with Gasteiger partial charge in [0.2, 0.25) is 5.88 Å². The van der Waals surface area contributed by atoms with Gasteiger partial charge in [-0.2, -0.15) is 5.26 Å². The lowest BCUT2D eigenvalue weighted by Crippen LogP contribution is -2.10. The zero-order valence-electron chi connectivity index (χ0n) is 17.6. The molecule has 1 aliphatic rings. The molecular formula is C25H21FN2O4. The standard InChI is InChI=1S/C25H21FN2O4/c1-30-24(29)12-17-4-5-19-11-21(17)14-31-9-8-18-10-16(13-27)2-3-20(18)15-32-23-7-6-22(26)25(19)28-23/h2-7,10-11H,8-9,12,14-15H2,1H3. The number of carbonyl (C=O) groups is 1. The topological polar surface area (TPSA) is 81.4 Å². The van der Waals surface area contributed by atoms with Crippen LogP contribution in [0.1, 0.15) is 27.8 Å². The van der Waals surface area contributed by atoms with Gasteiger partial charge in [0.1, 0.15) is 18.1 Å². The average molecular weight is 432 g/mol. The zero-order chi connectivity index (χ0) is 22.5. The Bertz CT molecular complexity index is 1200. The van der Waals surface area contributed by atoms with Crippen molar-refractivity contribution in [3.63, 3.8) is 0 Å². The maximum Gasteiger partial charge on any atom is 0.309 e. The largest absolute Gasteiger partial charge is 0.473 e. The number of fused-ring (bicyclic) bond motifs is 6. The molecule has 0 amide bonds. The van der Waals surface area contributed by atoms with Crippen LogP contribution in [0.2, 0.25) is 0 Å². The molecule has 0 fully saturated rings. The van der Waals surface area contributed by atoms with Crippen LogP contribution in [0.4, 0.5) is 4.39 Å². The second-order valence-corrected chi connectivity index (χ2v) is 7.40. The van der Waals surface area contributed by atoms with Crippen molar-refractivity contribution in [3.05, 3.63) is 82.2 Å². The van der Waals surface area contributed by atoms with Crippen LogP contribution >= 0.6 is 0 Å². The number of methoxy groups -OCH3 is 1. The van der Waals surface area contributed by atoms with Gasteiger partial charge in [-0.1, -0.05) is 18.2 Å². The number of nitrogens with zero attached hydrogens (tertiary/aromatic N) is 2. The maximum atomic E-state index is 14.6. The lowest BCUT2D eigenvalue weighted by atomic mass is 9.99. The Hall–Kier alpha value is -3.76. The van der Waals surface area contributed by atoms with Crippen LogP contribution in [0.25, 0.3) is 11.3 Å². The Morgan fingerprint density at radius 3 is 2.81 bits per heavy atom. The summed E-state index contributed by atoms with van der Waals surface area (Å²) in [5, 5.41) is 9.24. The Balaban J connectivity index is 1.75. The van der Waals surface area contributed by atoms with Crippen molar-refractivity contribution in [1.29, 1.82) is 5.26 Å². The fourth-order valence-corrected chi connectivity index (χ4v) is 3.60. The van der Waals surface area contributed by atoms with E-state index in [2.05, 4.69) is 11.1 Å². The first kappa shape index (κ1) is 21.5. The molecular weight excluding hydrogens is 411 g/mol. The molecule has 0 spiro atoms. The van der Waals surface area contributed by atoms with Crippen molar-refractivity contribution in [2.75, 3.05) is 13.7 Å². The van der Waals surface area contributed by atoms with Crippen molar-refractivity contribution >= 4 is 5.97 Å². The molecule has 7 heteroatoms. The molecule has 2 heterocycles. The van der Waals surface area contributed by atoms with Gasteiger partial charge in [-0.25, -0.2) is 9.37 Å². The third-order valence-corrected chi connectivity index (χ3v) is 5.35. The van der Waals surface area contributed by atoms with E-state index in [9.17, 15) is 14.4 Å². The molecule has 0 unspecified atom stereocenters. The van der Waals surface area contributed by atoms with Crippen molar-refractivity contribution in [2.24, 2.45) is 0 Å². The molecule has 3 aromatic rings. The molecule has 0 aliphatic carbocycles. The summed E-state index contributed by atoms with van der Waals surface area (Å²) < 4.78 is 31.1. The van der Waals surface area contributed by atoms with E-state index < -0.39 is 5.82 Å². The minimum atomic E-state index is -0.476. The summed E-state index contributed by atoms with van der Waals surface area (Å²) in [6, 6.07) is 15.6. The number of halogens is 1. The molecule has 32 heavy (non-hydrogen) atoms. The van der Waals surface area contributed by atoms with Crippen LogP contribution < -0.4 is 4.74 Å². The molecule has 6 nitrogen and oxygen atoms in total. The van der Waals surface area contributed by atoms with Crippen molar-refractivity contribution < 1.29 is 23.4 Å². The quantitative estimate of drug-likeness (QED) is 0.567. The third kappa shape index (κ3) is 4.76. The second kappa shape index (κ2) is 9.58. The van der Waals surface area contributed by atoms with E-state index in [0.29, 0.717) is 30.0 Å². The molecule has 4 rings (SSSR count). The highest BCUT2D eigenvalue weighted by Gasteiger charge is 2.15. The number of pyridine rings is 1. The first-order valence-electron chi connectivity index (χ1n) is 10.2. The van der Waals surface area contributed by atoms with E-state index in [4.69, 9.17) is 14.2 Å². The first-order valence-corrected chi connectivity index (χ1v) is 10.2. The van der Waals surface area contributed by atoms with Crippen LogP contribution in [0.15, 0.2) is 48.5 Å². The normalized spacial score (nSPS) is 13.2. The molecule has 0 N–H and O–H groups in total. The van der Waals surface area contributed by atoms with E-state index in [1.165, 1.54) is 19.2 Å². The van der Waals surface area contributed by atoms with E-state index in [1.54, 1.807) is 24.3 Å². The number of hydrogen-bond acceptors (Lipinski definition) is 6.